The highest BCUT2D eigenvalue weighted by Crippen LogP contribution is 2.35. The Morgan fingerprint density at radius 2 is 2.14 bits per heavy atom. The van der Waals surface area contributed by atoms with Crippen LogP contribution in [0.25, 0.3) is 10.2 Å². The fourth-order valence-electron chi connectivity index (χ4n) is 2.06. The van der Waals surface area contributed by atoms with Crippen LogP contribution in [-0.4, -0.2) is 20.1 Å². The quantitative estimate of drug-likeness (QED) is 0.524. The van der Waals surface area contributed by atoms with Gasteiger partial charge in [-0.25, -0.2) is 9.97 Å². The van der Waals surface area contributed by atoms with Gasteiger partial charge >= 0.3 is 0 Å². The first kappa shape index (κ1) is 14.5. The monoisotopic (exact) mass is 320 g/mol. The molecule has 0 amide bonds. The molecule has 3 aromatic heterocycles. The molecular formula is C14H16N4OS2. The summed E-state index contributed by atoms with van der Waals surface area (Å²) in [6.45, 7) is 6.34. The maximum Gasteiger partial charge on any atom is 0.237 e. The van der Waals surface area contributed by atoms with Crippen molar-refractivity contribution in [2.24, 2.45) is 0 Å². The number of hydrogen-bond acceptors (Lipinski definition) is 7. The molecule has 0 aromatic carbocycles. The van der Waals surface area contributed by atoms with E-state index in [0.717, 1.165) is 33.9 Å². The first-order valence-corrected chi connectivity index (χ1v) is 8.64. The number of thioether (sulfide) groups is 1. The molecule has 3 aromatic rings. The second-order valence-electron chi connectivity index (χ2n) is 4.79. The van der Waals surface area contributed by atoms with Gasteiger partial charge in [0.05, 0.1) is 5.75 Å². The Morgan fingerprint density at radius 1 is 1.29 bits per heavy atom. The Balaban J connectivity index is 1.81. The van der Waals surface area contributed by atoms with Crippen molar-refractivity contribution in [1.29, 1.82) is 0 Å². The molecule has 5 nitrogen and oxygen atoms in total. The summed E-state index contributed by atoms with van der Waals surface area (Å²) in [7, 11) is 0. The van der Waals surface area contributed by atoms with E-state index in [1.807, 2.05) is 0 Å². The Labute approximate surface area is 131 Å². The van der Waals surface area contributed by atoms with E-state index in [9.17, 15) is 0 Å². The van der Waals surface area contributed by atoms with Crippen LogP contribution in [0, 0.1) is 13.8 Å². The van der Waals surface area contributed by atoms with Crippen molar-refractivity contribution in [3.05, 3.63) is 28.5 Å². The van der Waals surface area contributed by atoms with Crippen LogP contribution in [0.15, 0.2) is 15.9 Å². The van der Waals surface area contributed by atoms with Crippen LogP contribution in [0.5, 0.6) is 0 Å². The third kappa shape index (κ3) is 2.94. The summed E-state index contributed by atoms with van der Waals surface area (Å²) in [4.78, 5) is 15.5. The summed E-state index contributed by atoms with van der Waals surface area (Å²) in [5.41, 5.74) is 1.26. The third-order valence-electron chi connectivity index (χ3n) is 3.25. The zero-order chi connectivity index (χ0) is 14.8. The zero-order valence-electron chi connectivity index (χ0n) is 12.2. The zero-order valence-corrected chi connectivity index (χ0v) is 13.8. The smallest absolute Gasteiger partial charge is 0.237 e. The number of rotatable bonds is 5. The maximum absolute atomic E-state index is 5.26. The van der Waals surface area contributed by atoms with Crippen LogP contribution in [0.4, 0.5) is 0 Å². The molecule has 0 N–H and O–H groups in total. The molecule has 21 heavy (non-hydrogen) atoms. The highest BCUT2D eigenvalue weighted by atomic mass is 32.2. The lowest BCUT2D eigenvalue weighted by molar-refractivity contribution is 0.384. The van der Waals surface area contributed by atoms with E-state index in [0.29, 0.717) is 11.6 Å². The third-order valence-corrected chi connectivity index (χ3v) is 5.34. The number of thiophene rings is 1. The van der Waals surface area contributed by atoms with Crippen LogP contribution in [0.3, 0.4) is 0 Å². The SMILES string of the molecule is CCCc1noc(CSc2ncnc3sc(C)c(C)c23)n1. The van der Waals surface area contributed by atoms with E-state index in [1.54, 1.807) is 29.4 Å². The van der Waals surface area contributed by atoms with Crippen molar-refractivity contribution in [2.45, 2.75) is 44.4 Å². The molecule has 0 atom stereocenters. The molecule has 0 aliphatic carbocycles. The van der Waals surface area contributed by atoms with E-state index >= 15 is 0 Å². The van der Waals surface area contributed by atoms with Crippen LogP contribution < -0.4 is 0 Å². The first-order valence-electron chi connectivity index (χ1n) is 6.84. The van der Waals surface area contributed by atoms with Crippen molar-refractivity contribution in [3.8, 4) is 0 Å². The van der Waals surface area contributed by atoms with Gasteiger partial charge in [-0.05, 0) is 25.8 Å². The predicted molar refractivity (Wildman–Crippen MR) is 84.7 cm³/mol. The Morgan fingerprint density at radius 3 is 2.95 bits per heavy atom. The number of aromatic nitrogens is 4. The summed E-state index contributed by atoms with van der Waals surface area (Å²) >= 11 is 3.33. The lowest BCUT2D eigenvalue weighted by atomic mass is 10.2. The Kier molecular flexibility index (Phi) is 4.21. The lowest BCUT2D eigenvalue weighted by Crippen LogP contribution is -1.89. The first-order chi connectivity index (χ1) is 10.2. The fourth-order valence-corrected chi connectivity index (χ4v) is 4.02. The number of hydrogen-bond donors (Lipinski definition) is 0. The van der Waals surface area contributed by atoms with Gasteiger partial charge in [0, 0.05) is 16.7 Å². The molecule has 3 heterocycles. The standard InChI is InChI=1S/C14H16N4OS2/c1-4-5-10-17-11(19-18-10)6-20-13-12-8(2)9(3)21-14(12)16-7-15-13/h7H,4-6H2,1-3H3. The van der Waals surface area contributed by atoms with E-state index in [-0.39, 0.29) is 0 Å². The minimum atomic E-state index is 0.636. The number of aryl methyl sites for hydroxylation is 3. The minimum absolute atomic E-state index is 0.636. The van der Waals surface area contributed by atoms with Gasteiger partial charge in [0.15, 0.2) is 5.82 Å². The highest BCUT2D eigenvalue weighted by Gasteiger charge is 2.14. The molecule has 7 heteroatoms. The average molecular weight is 320 g/mol. The molecule has 0 unspecified atom stereocenters. The molecule has 0 saturated heterocycles. The molecule has 0 spiro atoms. The molecule has 0 fully saturated rings. The van der Waals surface area contributed by atoms with E-state index in [1.165, 1.54) is 10.4 Å². The summed E-state index contributed by atoms with van der Waals surface area (Å²) in [6, 6.07) is 0. The molecule has 0 bridgehead atoms. The molecule has 0 saturated carbocycles. The van der Waals surface area contributed by atoms with Crippen molar-refractivity contribution in [1.82, 2.24) is 20.1 Å². The van der Waals surface area contributed by atoms with Crippen molar-refractivity contribution in [3.63, 3.8) is 0 Å². The van der Waals surface area contributed by atoms with Gasteiger partial charge in [-0.1, -0.05) is 23.8 Å². The summed E-state index contributed by atoms with van der Waals surface area (Å²) in [5.74, 6) is 2.07. The van der Waals surface area contributed by atoms with E-state index in [2.05, 4.69) is 40.9 Å². The summed E-state index contributed by atoms with van der Waals surface area (Å²) in [6.07, 6.45) is 3.50. The van der Waals surface area contributed by atoms with Crippen LogP contribution in [0.2, 0.25) is 0 Å². The predicted octanol–water partition coefficient (Wildman–Crippen LogP) is 3.94. The molecule has 3 rings (SSSR count). The van der Waals surface area contributed by atoms with Crippen LogP contribution >= 0.6 is 23.1 Å². The second-order valence-corrected chi connectivity index (χ2v) is 6.95. The highest BCUT2D eigenvalue weighted by molar-refractivity contribution is 7.98. The van der Waals surface area contributed by atoms with Gasteiger partial charge in [0.2, 0.25) is 5.89 Å². The Hall–Kier alpha value is -1.47. The number of nitrogens with zero attached hydrogens (tertiary/aromatic N) is 4. The molecule has 110 valence electrons. The molecular weight excluding hydrogens is 304 g/mol. The van der Waals surface area contributed by atoms with Crippen molar-refractivity contribution in [2.75, 3.05) is 0 Å². The topological polar surface area (TPSA) is 64.7 Å². The summed E-state index contributed by atoms with van der Waals surface area (Å²) in [5, 5.41) is 6.11. The van der Waals surface area contributed by atoms with Gasteiger partial charge < -0.3 is 4.52 Å². The van der Waals surface area contributed by atoms with Crippen molar-refractivity contribution >= 4 is 33.3 Å². The lowest BCUT2D eigenvalue weighted by Gasteiger charge is -2.00. The van der Waals surface area contributed by atoms with E-state index < -0.39 is 0 Å². The van der Waals surface area contributed by atoms with Gasteiger partial charge in [0.1, 0.15) is 16.2 Å². The van der Waals surface area contributed by atoms with Crippen LogP contribution in [-0.2, 0) is 12.2 Å². The molecule has 0 radical (unpaired) electrons. The largest absolute Gasteiger partial charge is 0.338 e. The second kappa shape index (κ2) is 6.11. The van der Waals surface area contributed by atoms with Gasteiger partial charge in [-0.2, -0.15) is 4.98 Å². The fraction of sp³-hybridized carbons (Fsp3) is 0.429. The summed E-state index contributed by atoms with van der Waals surface area (Å²) < 4.78 is 5.26. The maximum atomic E-state index is 5.26. The van der Waals surface area contributed by atoms with Gasteiger partial charge in [-0.3, -0.25) is 0 Å². The molecule has 0 aliphatic rings. The average Bonchev–Trinajstić information content (AvgIpc) is 3.03. The van der Waals surface area contributed by atoms with Gasteiger partial charge in [-0.15, -0.1) is 11.3 Å². The van der Waals surface area contributed by atoms with Crippen LogP contribution in [0.1, 0.15) is 35.5 Å². The minimum Gasteiger partial charge on any atom is -0.338 e. The molecule has 0 aliphatic heterocycles. The van der Waals surface area contributed by atoms with E-state index in [4.69, 9.17) is 4.52 Å². The number of fused-ring (bicyclic) bond motifs is 1. The Bertz CT molecular complexity index is 766. The van der Waals surface area contributed by atoms with Crippen molar-refractivity contribution < 1.29 is 4.52 Å². The van der Waals surface area contributed by atoms with Gasteiger partial charge in [0.25, 0.3) is 0 Å². The normalized spacial score (nSPS) is 11.4.